The van der Waals surface area contributed by atoms with Crippen LogP contribution in [0.2, 0.25) is 0 Å². The van der Waals surface area contributed by atoms with E-state index in [1.807, 2.05) is 12.3 Å². The molecule has 0 fully saturated rings. The number of H-pyrrole nitrogens is 1. The number of hydrogen-bond acceptors (Lipinski definition) is 1. The Kier molecular flexibility index (Phi) is 2.12. The second-order valence-electron chi connectivity index (χ2n) is 3.96. The van der Waals surface area contributed by atoms with Gasteiger partial charge in [0.15, 0.2) is 0 Å². The van der Waals surface area contributed by atoms with E-state index in [9.17, 15) is 0 Å². The van der Waals surface area contributed by atoms with E-state index in [2.05, 4.69) is 48.1 Å². The van der Waals surface area contributed by atoms with Crippen molar-refractivity contribution in [3.8, 4) is 0 Å². The van der Waals surface area contributed by atoms with Crippen LogP contribution in [0.4, 0.5) is 0 Å². The highest BCUT2D eigenvalue weighted by Crippen LogP contribution is 2.28. The number of hydrogen-bond donors (Lipinski definition) is 1. The van der Waals surface area contributed by atoms with E-state index in [0.717, 1.165) is 5.69 Å². The number of benzene rings is 1. The van der Waals surface area contributed by atoms with Crippen molar-refractivity contribution < 1.29 is 0 Å². The molecule has 0 atom stereocenters. The van der Waals surface area contributed by atoms with Gasteiger partial charge in [0.2, 0.25) is 0 Å². The first kappa shape index (κ1) is 9.00. The average Bonchev–Trinajstić information content (AvgIpc) is 2.72. The van der Waals surface area contributed by atoms with Crippen molar-refractivity contribution in [2.75, 3.05) is 0 Å². The Morgan fingerprint density at radius 1 is 1.14 bits per heavy atom. The van der Waals surface area contributed by atoms with Crippen molar-refractivity contribution in [1.82, 2.24) is 9.97 Å². The molecule has 72 valence electrons. The number of aromatic nitrogens is 2. The number of imidazole rings is 1. The molecular weight excluding hydrogens is 172 g/mol. The van der Waals surface area contributed by atoms with E-state index in [1.54, 1.807) is 6.33 Å². The molecule has 0 unspecified atom stereocenters. The summed E-state index contributed by atoms with van der Waals surface area (Å²) >= 11 is 0. The van der Waals surface area contributed by atoms with Crippen LogP contribution in [0.1, 0.15) is 25.1 Å². The molecule has 1 aromatic carbocycles. The number of nitrogens with one attached hydrogen (secondary N) is 1. The van der Waals surface area contributed by atoms with Crippen molar-refractivity contribution in [3.63, 3.8) is 0 Å². The van der Waals surface area contributed by atoms with Gasteiger partial charge in [0.05, 0.1) is 6.33 Å². The third kappa shape index (κ3) is 1.43. The molecule has 0 spiro atoms. The molecule has 1 aromatic heterocycles. The minimum atomic E-state index is -0.00222. The number of rotatable bonds is 2. The zero-order valence-corrected chi connectivity index (χ0v) is 8.49. The van der Waals surface area contributed by atoms with E-state index in [1.165, 1.54) is 5.56 Å². The van der Waals surface area contributed by atoms with Crippen LogP contribution >= 0.6 is 0 Å². The lowest BCUT2D eigenvalue weighted by Gasteiger charge is -2.23. The van der Waals surface area contributed by atoms with Crippen LogP contribution in [0.25, 0.3) is 0 Å². The van der Waals surface area contributed by atoms with Gasteiger partial charge in [-0.05, 0) is 5.56 Å². The van der Waals surface area contributed by atoms with Gasteiger partial charge in [-0.1, -0.05) is 44.2 Å². The van der Waals surface area contributed by atoms with Crippen LogP contribution in [0.15, 0.2) is 42.9 Å². The number of nitrogens with zero attached hydrogens (tertiary/aromatic N) is 1. The quantitative estimate of drug-likeness (QED) is 0.767. The molecular formula is C12H14N2. The Balaban J connectivity index is 2.43. The standard InChI is InChI=1S/C12H14N2/c1-12(2,11-8-13-9-14-11)10-6-4-3-5-7-10/h3-9H,1-2H3,(H,13,14). The first-order valence-electron chi connectivity index (χ1n) is 4.75. The van der Waals surface area contributed by atoms with Gasteiger partial charge in [-0.15, -0.1) is 0 Å². The van der Waals surface area contributed by atoms with Crippen LogP contribution in [-0.4, -0.2) is 9.97 Å². The summed E-state index contributed by atoms with van der Waals surface area (Å²) in [5, 5.41) is 0. The summed E-state index contributed by atoms with van der Waals surface area (Å²) in [6, 6.07) is 10.4. The lowest BCUT2D eigenvalue weighted by atomic mass is 9.82. The van der Waals surface area contributed by atoms with Gasteiger partial charge in [-0.2, -0.15) is 0 Å². The van der Waals surface area contributed by atoms with Gasteiger partial charge in [-0.25, -0.2) is 4.98 Å². The molecule has 14 heavy (non-hydrogen) atoms. The summed E-state index contributed by atoms with van der Waals surface area (Å²) in [5.41, 5.74) is 2.44. The molecule has 0 aliphatic rings. The van der Waals surface area contributed by atoms with Crippen molar-refractivity contribution in [2.45, 2.75) is 19.3 Å². The summed E-state index contributed by atoms with van der Waals surface area (Å²) in [4.78, 5) is 7.22. The molecule has 2 aromatic rings. The van der Waals surface area contributed by atoms with Crippen LogP contribution in [0.5, 0.6) is 0 Å². The van der Waals surface area contributed by atoms with Crippen molar-refractivity contribution in [2.24, 2.45) is 0 Å². The molecule has 0 radical (unpaired) electrons. The summed E-state index contributed by atoms with van der Waals surface area (Å²) in [6.45, 7) is 4.38. The molecule has 1 heterocycles. The average molecular weight is 186 g/mol. The van der Waals surface area contributed by atoms with Crippen LogP contribution in [0.3, 0.4) is 0 Å². The SMILES string of the molecule is CC(C)(c1ccccc1)c1cnc[nH]1. The van der Waals surface area contributed by atoms with Gasteiger partial charge in [0, 0.05) is 17.3 Å². The lowest BCUT2D eigenvalue weighted by molar-refractivity contribution is 0.621. The normalized spacial score (nSPS) is 11.6. The smallest absolute Gasteiger partial charge is 0.0922 e. The molecule has 0 aliphatic heterocycles. The fourth-order valence-corrected chi connectivity index (χ4v) is 1.61. The maximum absolute atomic E-state index is 4.06. The van der Waals surface area contributed by atoms with E-state index < -0.39 is 0 Å². The highest BCUT2D eigenvalue weighted by molar-refractivity contribution is 5.32. The molecule has 2 rings (SSSR count). The molecule has 1 N–H and O–H groups in total. The van der Waals surface area contributed by atoms with Gasteiger partial charge >= 0.3 is 0 Å². The first-order chi connectivity index (χ1) is 6.71. The van der Waals surface area contributed by atoms with E-state index >= 15 is 0 Å². The maximum Gasteiger partial charge on any atom is 0.0922 e. The van der Waals surface area contributed by atoms with Gasteiger partial charge in [0.1, 0.15) is 0 Å². The van der Waals surface area contributed by atoms with E-state index in [0.29, 0.717) is 0 Å². The highest BCUT2D eigenvalue weighted by atomic mass is 14.9. The fourth-order valence-electron chi connectivity index (χ4n) is 1.61. The third-order valence-corrected chi connectivity index (χ3v) is 2.67. The molecule has 2 nitrogen and oxygen atoms in total. The summed E-state index contributed by atoms with van der Waals surface area (Å²) in [7, 11) is 0. The van der Waals surface area contributed by atoms with Gasteiger partial charge < -0.3 is 4.98 Å². The second-order valence-corrected chi connectivity index (χ2v) is 3.96. The Morgan fingerprint density at radius 2 is 1.86 bits per heavy atom. The molecule has 2 heteroatoms. The van der Waals surface area contributed by atoms with Crippen LogP contribution in [0, 0.1) is 0 Å². The highest BCUT2D eigenvalue weighted by Gasteiger charge is 2.23. The minimum absolute atomic E-state index is 0.00222. The molecule has 0 bridgehead atoms. The summed E-state index contributed by atoms with van der Waals surface area (Å²) in [5.74, 6) is 0. The Hall–Kier alpha value is -1.57. The topological polar surface area (TPSA) is 28.7 Å². The first-order valence-corrected chi connectivity index (χ1v) is 4.75. The number of aromatic amines is 1. The molecule has 0 amide bonds. The van der Waals surface area contributed by atoms with Crippen molar-refractivity contribution >= 4 is 0 Å². The van der Waals surface area contributed by atoms with E-state index in [-0.39, 0.29) is 5.41 Å². The second kappa shape index (κ2) is 3.29. The molecule has 0 aliphatic carbocycles. The Morgan fingerprint density at radius 3 is 2.43 bits per heavy atom. The predicted octanol–water partition coefficient (Wildman–Crippen LogP) is 2.74. The summed E-state index contributed by atoms with van der Waals surface area (Å²) < 4.78 is 0. The molecule has 0 saturated heterocycles. The fraction of sp³-hybridized carbons (Fsp3) is 0.250. The zero-order valence-electron chi connectivity index (χ0n) is 8.49. The van der Waals surface area contributed by atoms with Crippen molar-refractivity contribution in [1.29, 1.82) is 0 Å². The van der Waals surface area contributed by atoms with Gasteiger partial charge in [0.25, 0.3) is 0 Å². The zero-order chi connectivity index (χ0) is 10.0. The third-order valence-electron chi connectivity index (χ3n) is 2.67. The van der Waals surface area contributed by atoms with Crippen LogP contribution < -0.4 is 0 Å². The van der Waals surface area contributed by atoms with E-state index in [4.69, 9.17) is 0 Å². The monoisotopic (exact) mass is 186 g/mol. The Bertz CT molecular complexity index is 388. The largest absolute Gasteiger partial charge is 0.348 e. The maximum atomic E-state index is 4.06. The lowest BCUT2D eigenvalue weighted by Crippen LogP contribution is -2.19. The molecule has 0 saturated carbocycles. The van der Waals surface area contributed by atoms with Crippen molar-refractivity contribution in [3.05, 3.63) is 54.1 Å². The van der Waals surface area contributed by atoms with Gasteiger partial charge in [-0.3, -0.25) is 0 Å². The Labute approximate surface area is 84.0 Å². The predicted molar refractivity (Wildman–Crippen MR) is 57.2 cm³/mol. The van der Waals surface area contributed by atoms with Crippen LogP contribution in [-0.2, 0) is 5.41 Å². The minimum Gasteiger partial charge on any atom is -0.348 e. The summed E-state index contributed by atoms with van der Waals surface area (Å²) in [6.07, 6.45) is 3.60.